The van der Waals surface area contributed by atoms with Gasteiger partial charge in [-0.15, -0.1) is 13.2 Å². The molecule has 1 amide bonds. The van der Waals surface area contributed by atoms with E-state index in [0.717, 1.165) is 18.3 Å². The van der Waals surface area contributed by atoms with Crippen LogP contribution in [0.15, 0.2) is 44.4 Å². The average Bonchev–Trinajstić information content (AvgIpc) is 2.50. The fraction of sp³-hybridized carbons (Fsp3) is 0.0667. The zero-order valence-corrected chi connectivity index (χ0v) is 15.6. The van der Waals surface area contributed by atoms with Crippen LogP contribution < -0.4 is 10.2 Å². The lowest BCUT2D eigenvalue weighted by molar-refractivity contribution is -0.274. The largest absolute Gasteiger partial charge is 0.573 e. The predicted molar refractivity (Wildman–Crippen MR) is 91.7 cm³/mol. The lowest BCUT2D eigenvalue weighted by Crippen LogP contribution is -2.20. The Balaban J connectivity index is 2.11. The van der Waals surface area contributed by atoms with Crippen molar-refractivity contribution < 1.29 is 32.2 Å². The second-order valence-corrected chi connectivity index (χ2v) is 6.48. The number of nitrogens with zero attached hydrogens (tertiary/aromatic N) is 1. The van der Waals surface area contributed by atoms with Gasteiger partial charge in [0.25, 0.3) is 5.91 Å². The van der Waals surface area contributed by atoms with Crippen molar-refractivity contribution in [3.63, 3.8) is 0 Å². The number of aromatic hydroxyl groups is 1. The van der Waals surface area contributed by atoms with Crippen molar-refractivity contribution in [1.82, 2.24) is 5.43 Å². The van der Waals surface area contributed by atoms with E-state index < -0.39 is 29.4 Å². The van der Waals surface area contributed by atoms with Gasteiger partial charge in [-0.3, -0.25) is 4.79 Å². The number of carbonyl (C=O) groups is 1. The number of carbonyl (C=O) groups excluding carboxylic acids is 1. The van der Waals surface area contributed by atoms with Crippen molar-refractivity contribution >= 4 is 44.0 Å². The molecular formula is C15H8Br2F4N2O3. The summed E-state index contributed by atoms with van der Waals surface area (Å²) in [5.41, 5.74) is 1.73. The normalized spacial score (nSPS) is 11.6. The van der Waals surface area contributed by atoms with Crippen molar-refractivity contribution in [1.29, 1.82) is 0 Å². The molecule has 138 valence electrons. The van der Waals surface area contributed by atoms with Crippen LogP contribution >= 0.6 is 31.9 Å². The Hall–Kier alpha value is -2.14. The van der Waals surface area contributed by atoms with Crippen LogP contribution in [0.4, 0.5) is 17.6 Å². The van der Waals surface area contributed by atoms with E-state index >= 15 is 0 Å². The molecule has 0 saturated heterocycles. The van der Waals surface area contributed by atoms with E-state index in [-0.39, 0.29) is 11.3 Å². The van der Waals surface area contributed by atoms with E-state index in [2.05, 4.69) is 41.7 Å². The van der Waals surface area contributed by atoms with E-state index in [9.17, 15) is 27.5 Å². The molecule has 0 atom stereocenters. The first-order valence-electron chi connectivity index (χ1n) is 6.63. The standard InChI is InChI=1S/C15H8Br2F4N2O3/c16-8-3-7(13(24)11(17)4-8)6-22-23-14(25)10-2-1-9(5-12(10)18)26-15(19,20)21/h1-6,24H,(H,23,25)/b22-6+. The van der Waals surface area contributed by atoms with Crippen molar-refractivity contribution in [2.24, 2.45) is 5.10 Å². The Labute approximate surface area is 160 Å². The fourth-order valence-electron chi connectivity index (χ4n) is 1.78. The molecule has 0 heterocycles. The number of nitrogens with one attached hydrogen (secondary N) is 1. The number of amides is 1. The summed E-state index contributed by atoms with van der Waals surface area (Å²) in [5.74, 6) is -3.14. The Morgan fingerprint density at radius 1 is 1.23 bits per heavy atom. The first-order chi connectivity index (χ1) is 12.1. The zero-order chi connectivity index (χ0) is 19.5. The number of hydrazone groups is 1. The molecule has 2 aromatic carbocycles. The Morgan fingerprint density at radius 3 is 2.54 bits per heavy atom. The molecule has 0 unspecified atom stereocenters. The molecule has 0 fully saturated rings. The molecule has 0 aliphatic heterocycles. The van der Waals surface area contributed by atoms with Crippen LogP contribution in [0.25, 0.3) is 0 Å². The highest BCUT2D eigenvalue weighted by Crippen LogP contribution is 2.30. The molecular weight excluding hydrogens is 492 g/mol. The summed E-state index contributed by atoms with van der Waals surface area (Å²) in [4.78, 5) is 11.9. The molecule has 0 bridgehead atoms. The van der Waals surface area contributed by atoms with Gasteiger partial charge in [-0.2, -0.15) is 5.10 Å². The van der Waals surface area contributed by atoms with E-state index in [0.29, 0.717) is 15.0 Å². The maximum Gasteiger partial charge on any atom is 0.573 e. The number of hydrogen-bond donors (Lipinski definition) is 2. The van der Waals surface area contributed by atoms with E-state index in [1.807, 2.05) is 5.43 Å². The van der Waals surface area contributed by atoms with E-state index in [4.69, 9.17) is 0 Å². The number of phenolic OH excluding ortho intramolecular Hbond substituents is 1. The van der Waals surface area contributed by atoms with Gasteiger partial charge in [0, 0.05) is 16.1 Å². The summed E-state index contributed by atoms with van der Waals surface area (Å²) >= 11 is 6.33. The van der Waals surface area contributed by atoms with Crippen LogP contribution in [-0.4, -0.2) is 23.6 Å². The predicted octanol–water partition coefficient (Wildman–Crippen LogP) is 4.72. The van der Waals surface area contributed by atoms with Crippen LogP contribution in [0.2, 0.25) is 0 Å². The van der Waals surface area contributed by atoms with Crippen molar-refractivity contribution in [3.8, 4) is 11.5 Å². The minimum atomic E-state index is -4.97. The number of rotatable bonds is 4. The van der Waals surface area contributed by atoms with Gasteiger partial charge in [-0.25, -0.2) is 9.82 Å². The van der Waals surface area contributed by atoms with E-state index in [1.54, 1.807) is 6.07 Å². The van der Waals surface area contributed by atoms with Gasteiger partial charge in [-0.05, 0) is 40.2 Å². The molecule has 2 aromatic rings. The minimum absolute atomic E-state index is 0.133. The number of alkyl halides is 3. The molecule has 0 spiro atoms. The summed E-state index contributed by atoms with van der Waals surface area (Å²) in [5, 5.41) is 13.4. The summed E-state index contributed by atoms with van der Waals surface area (Å²) in [6.45, 7) is 0. The third kappa shape index (κ3) is 5.43. The molecule has 2 rings (SSSR count). The SMILES string of the molecule is O=C(N/N=C/c1cc(Br)cc(Br)c1O)c1ccc(OC(F)(F)F)cc1F. The Morgan fingerprint density at radius 2 is 1.92 bits per heavy atom. The van der Waals surface area contributed by atoms with Crippen LogP contribution in [0.5, 0.6) is 11.5 Å². The van der Waals surface area contributed by atoms with Crippen molar-refractivity contribution in [2.75, 3.05) is 0 Å². The first kappa shape index (κ1) is 20.2. The second-order valence-electron chi connectivity index (χ2n) is 4.71. The minimum Gasteiger partial charge on any atom is -0.506 e. The molecule has 26 heavy (non-hydrogen) atoms. The molecule has 11 heteroatoms. The second kappa shape index (κ2) is 8.04. The number of hydrogen-bond acceptors (Lipinski definition) is 4. The summed E-state index contributed by atoms with van der Waals surface area (Å²) < 4.78 is 54.6. The smallest absolute Gasteiger partial charge is 0.506 e. The number of phenols is 1. The van der Waals surface area contributed by atoms with Crippen LogP contribution in [0.3, 0.4) is 0 Å². The van der Waals surface area contributed by atoms with Crippen molar-refractivity contribution in [3.05, 3.63) is 56.2 Å². The highest BCUT2D eigenvalue weighted by atomic mass is 79.9. The molecule has 5 nitrogen and oxygen atoms in total. The van der Waals surface area contributed by atoms with Crippen LogP contribution in [0, 0.1) is 5.82 Å². The van der Waals surface area contributed by atoms with Gasteiger partial charge < -0.3 is 9.84 Å². The van der Waals surface area contributed by atoms with Gasteiger partial charge in [0.05, 0.1) is 16.3 Å². The van der Waals surface area contributed by atoms with Gasteiger partial charge in [0.1, 0.15) is 17.3 Å². The van der Waals surface area contributed by atoms with Gasteiger partial charge in [0.2, 0.25) is 0 Å². The molecule has 0 aromatic heterocycles. The van der Waals surface area contributed by atoms with Gasteiger partial charge in [-0.1, -0.05) is 15.9 Å². The fourth-order valence-corrected chi connectivity index (χ4v) is 3.04. The van der Waals surface area contributed by atoms with Crippen molar-refractivity contribution in [2.45, 2.75) is 6.36 Å². The van der Waals surface area contributed by atoms with Gasteiger partial charge >= 0.3 is 6.36 Å². The first-order valence-corrected chi connectivity index (χ1v) is 8.22. The third-order valence-corrected chi connectivity index (χ3v) is 3.91. The lowest BCUT2D eigenvalue weighted by atomic mass is 10.2. The summed E-state index contributed by atoms with van der Waals surface area (Å²) in [7, 11) is 0. The monoisotopic (exact) mass is 498 g/mol. The average molecular weight is 500 g/mol. The van der Waals surface area contributed by atoms with Gasteiger partial charge in [0.15, 0.2) is 0 Å². The summed E-state index contributed by atoms with van der Waals surface area (Å²) in [6.07, 6.45) is -3.86. The van der Waals surface area contributed by atoms with Crippen LogP contribution in [0.1, 0.15) is 15.9 Å². The highest BCUT2D eigenvalue weighted by molar-refractivity contribution is 9.11. The number of halogens is 6. The molecule has 2 N–H and O–H groups in total. The van der Waals surface area contributed by atoms with Crippen LogP contribution in [-0.2, 0) is 0 Å². The zero-order valence-electron chi connectivity index (χ0n) is 12.4. The maximum atomic E-state index is 13.8. The number of ether oxygens (including phenoxy) is 1. The highest BCUT2D eigenvalue weighted by Gasteiger charge is 2.31. The molecule has 0 aliphatic rings. The molecule has 0 saturated carbocycles. The third-order valence-electron chi connectivity index (χ3n) is 2.85. The topological polar surface area (TPSA) is 70.9 Å². The quantitative estimate of drug-likeness (QED) is 0.363. The Kier molecular flexibility index (Phi) is 6.24. The summed E-state index contributed by atoms with van der Waals surface area (Å²) in [6, 6.07) is 5.16. The molecule has 0 aliphatic carbocycles. The van der Waals surface area contributed by atoms with E-state index in [1.165, 1.54) is 6.07 Å². The lowest BCUT2D eigenvalue weighted by Gasteiger charge is -2.09. The maximum absolute atomic E-state index is 13.8. The molecule has 0 radical (unpaired) electrons. The number of benzene rings is 2. The Bertz CT molecular complexity index is 873.